The van der Waals surface area contributed by atoms with Crippen LogP contribution in [0.15, 0.2) is 59.0 Å². The van der Waals surface area contributed by atoms with Crippen LogP contribution < -0.4 is 4.74 Å². The molecule has 4 rings (SSSR count). The van der Waals surface area contributed by atoms with Crippen molar-refractivity contribution in [2.75, 3.05) is 7.11 Å². The molecule has 0 spiro atoms. The van der Waals surface area contributed by atoms with Crippen molar-refractivity contribution in [3.8, 4) is 16.9 Å². The molecule has 0 unspecified atom stereocenters. The van der Waals surface area contributed by atoms with Gasteiger partial charge < -0.3 is 9.15 Å². The van der Waals surface area contributed by atoms with Crippen LogP contribution >= 0.6 is 0 Å². The van der Waals surface area contributed by atoms with Crippen LogP contribution in [0.1, 0.15) is 5.56 Å². The van der Waals surface area contributed by atoms with Crippen molar-refractivity contribution in [2.24, 2.45) is 0 Å². The summed E-state index contributed by atoms with van der Waals surface area (Å²) in [6, 6.07) is 13.0. The highest BCUT2D eigenvalue weighted by molar-refractivity contribution is 6.15. The second-order valence-electron chi connectivity index (χ2n) is 6.11. The Labute approximate surface area is 156 Å². The van der Waals surface area contributed by atoms with Gasteiger partial charge in [-0.2, -0.15) is 13.2 Å². The van der Waals surface area contributed by atoms with Gasteiger partial charge in [0.2, 0.25) is 0 Å². The molecule has 0 aliphatic heterocycles. The maximum absolute atomic E-state index is 13.6. The number of hydrogen-bond acceptors (Lipinski definition) is 4. The molecule has 4 aromatic rings. The number of ether oxygens (including phenoxy) is 1. The minimum atomic E-state index is -4.68. The standard InChI is InChI=1S/C20H12F3NO4/c1-27-12-8-6-11-7-9-16-17(14(11)10-12)18(19(28-16)24(25)26)13-4-2-3-5-15(13)20(21,22)23/h2-10H,1H3. The lowest BCUT2D eigenvalue weighted by atomic mass is 9.95. The minimum absolute atomic E-state index is 0.124. The third-order valence-electron chi connectivity index (χ3n) is 4.53. The van der Waals surface area contributed by atoms with E-state index in [-0.39, 0.29) is 22.1 Å². The summed E-state index contributed by atoms with van der Waals surface area (Å²) >= 11 is 0. The number of rotatable bonds is 3. The zero-order valence-corrected chi connectivity index (χ0v) is 14.4. The van der Waals surface area contributed by atoms with Gasteiger partial charge in [-0.15, -0.1) is 0 Å². The molecule has 0 radical (unpaired) electrons. The van der Waals surface area contributed by atoms with Gasteiger partial charge in [0.15, 0.2) is 0 Å². The Morgan fingerprint density at radius 2 is 1.79 bits per heavy atom. The van der Waals surface area contributed by atoms with Crippen molar-refractivity contribution in [1.29, 1.82) is 0 Å². The van der Waals surface area contributed by atoms with Gasteiger partial charge >= 0.3 is 12.1 Å². The Bertz CT molecular complexity index is 1230. The lowest BCUT2D eigenvalue weighted by molar-refractivity contribution is -0.400. The summed E-state index contributed by atoms with van der Waals surface area (Å²) in [6.07, 6.45) is -4.68. The molecule has 1 aromatic heterocycles. The van der Waals surface area contributed by atoms with Crippen LogP contribution in [-0.2, 0) is 6.18 Å². The lowest BCUT2D eigenvalue weighted by Gasteiger charge is -2.12. The van der Waals surface area contributed by atoms with Gasteiger partial charge in [0.25, 0.3) is 0 Å². The third-order valence-corrected chi connectivity index (χ3v) is 4.53. The fourth-order valence-electron chi connectivity index (χ4n) is 3.34. The van der Waals surface area contributed by atoms with Gasteiger partial charge in [-0.3, -0.25) is 10.1 Å². The molecule has 28 heavy (non-hydrogen) atoms. The predicted molar refractivity (Wildman–Crippen MR) is 97.4 cm³/mol. The van der Waals surface area contributed by atoms with Gasteiger partial charge in [0, 0.05) is 10.9 Å². The van der Waals surface area contributed by atoms with Crippen molar-refractivity contribution in [3.05, 3.63) is 70.3 Å². The summed E-state index contributed by atoms with van der Waals surface area (Å²) in [5.41, 5.74) is -1.36. The Morgan fingerprint density at radius 3 is 2.46 bits per heavy atom. The van der Waals surface area contributed by atoms with E-state index in [1.807, 2.05) is 0 Å². The van der Waals surface area contributed by atoms with Crippen molar-refractivity contribution in [2.45, 2.75) is 6.18 Å². The molecule has 0 amide bonds. The van der Waals surface area contributed by atoms with Crippen LogP contribution in [0.25, 0.3) is 32.9 Å². The van der Waals surface area contributed by atoms with Crippen LogP contribution in [0.5, 0.6) is 5.75 Å². The normalized spacial score (nSPS) is 11.9. The molecule has 0 aliphatic carbocycles. The molecule has 8 heteroatoms. The van der Waals surface area contributed by atoms with Gasteiger partial charge in [-0.25, -0.2) is 0 Å². The quantitative estimate of drug-likeness (QED) is 0.311. The van der Waals surface area contributed by atoms with E-state index in [1.54, 1.807) is 24.3 Å². The van der Waals surface area contributed by atoms with Crippen molar-refractivity contribution >= 4 is 27.6 Å². The van der Waals surface area contributed by atoms with Crippen LogP contribution in [0, 0.1) is 10.1 Å². The average Bonchev–Trinajstić information content (AvgIpc) is 3.07. The molecule has 0 atom stereocenters. The van der Waals surface area contributed by atoms with E-state index in [1.165, 1.54) is 31.4 Å². The summed E-state index contributed by atoms with van der Waals surface area (Å²) in [7, 11) is 1.46. The van der Waals surface area contributed by atoms with Crippen LogP contribution in [0.4, 0.5) is 19.1 Å². The number of alkyl halides is 3. The monoisotopic (exact) mass is 387 g/mol. The van der Waals surface area contributed by atoms with E-state index < -0.39 is 22.5 Å². The van der Waals surface area contributed by atoms with E-state index in [2.05, 4.69) is 0 Å². The highest BCUT2D eigenvalue weighted by Crippen LogP contribution is 2.47. The Balaban J connectivity index is 2.20. The molecule has 0 N–H and O–H groups in total. The molecule has 0 aliphatic rings. The number of benzene rings is 3. The number of fused-ring (bicyclic) bond motifs is 3. The fraction of sp³-hybridized carbons (Fsp3) is 0.100. The largest absolute Gasteiger partial charge is 0.497 e. The summed E-state index contributed by atoms with van der Waals surface area (Å²) in [5, 5.41) is 13.0. The highest BCUT2D eigenvalue weighted by Gasteiger charge is 2.37. The number of methoxy groups -OCH3 is 1. The number of hydrogen-bond donors (Lipinski definition) is 0. The van der Waals surface area contributed by atoms with Crippen molar-refractivity contribution in [1.82, 2.24) is 0 Å². The number of halogens is 3. The Hall–Kier alpha value is -3.55. The molecule has 5 nitrogen and oxygen atoms in total. The second kappa shape index (κ2) is 6.26. The van der Waals surface area contributed by atoms with Gasteiger partial charge in [-0.05, 0) is 35.0 Å². The molecule has 0 fully saturated rings. The van der Waals surface area contributed by atoms with Crippen molar-refractivity contribution < 1.29 is 27.2 Å². The average molecular weight is 387 g/mol. The molecular weight excluding hydrogens is 375 g/mol. The molecular formula is C20H12F3NO4. The summed E-state index contributed by atoms with van der Waals surface area (Å²) in [5.74, 6) is -0.263. The smallest absolute Gasteiger partial charge is 0.442 e. The number of nitrogens with zero attached hydrogens (tertiary/aromatic N) is 1. The minimum Gasteiger partial charge on any atom is -0.497 e. The molecule has 142 valence electrons. The fourth-order valence-corrected chi connectivity index (χ4v) is 3.34. The molecule has 0 saturated heterocycles. The van der Waals surface area contributed by atoms with Crippen LogP contribution in [0.2, 0.25) is 0 Å². The van der Waals surface area contributed by atoms with Crippen LogP contribution in [0.3, 0.4) is 0 Å². The van der Waals surface area contributed by atoms with Crippen molar-refractivity contribution in [3.63, 3.8) is 0 Å². The lowest BCUT2D eigenvalue weighted by Crippen LogP contribution is -2.07. The molecule has 0 bridgehead atoms. The summed E-state index contributed by atoms with van der Waals surface area (Å²) in [4.78, 5) is 10.8. The topological polar surface area (TPSA) is 65.5 Å². The maximum Gasteiger partial charge on any atom is 0.442 e. The zero-order chi connectivity index (χ0) is 20.1. The van der Waals surface area contributed by atoms with Gasteiger partial charge in [0.05, 0.1) is 12.7 Å². The van der Waals surface area contributed by atoms with Gasteiger partial charge in [-0.1, -0.05) is 30.3 Å². The third kappa shape index (κ3) is 2.74. The molecule has 1 heterocycles. The first-order chi connectivity index (χ1) is 13.3. The van der Waals surface area contributed by atoms with E-state index >= 15 is 0 Å². The Morgan fingerprint density at radius 1 is 1.07 bits per heavy atom. The predicted octanol–water partition coefficient (Wildman–Crippen LogP) is 6.19. The zero-order valence-electron chi connectivity index (χ0n) is 14.4. The maximum atomic E-state index is 13.6. The molecule has 0 saturated carbocycles. The van der Waals surface area contributed by atoms with E-state index in [4.69, 9.17) is 9.15 Å². The van der Waals surface area contributed by atoms with Crippen LogP contribution in [-0.4, -0.2) is 12.0 Å². The summed E-state index contributed by atoms with van der Waals surface area (Å²) < 4.78 is 51.3. The summed E-state index contributed by atoms with van der Waals surface area (Å²) in [6.45, 7) is 0. The second-order valence-corrected chi connectivity index (χ2v) is 6.11. The number of furan rings is 1. The van der Waals surface area contributed by atoms with Gasteiger partial charge in [0.1, 0.15) is 21.8 Å². The first-order valence-electron chi connectivity index (χ1n) is 8.15. The van der Waals surface area contributed by atoms with E-state index in [0.717, 1.165) is 6.07 Å². The van der Waals surface area contributed by atoms with E-state index in [0.29, 0.717) is 16.5 Å². The first kappa shape index (κ1) is 17.8. The van der Waals surface area contributed by atoms with E-state index in [9.17, 15) is 23.3 Å². The number of nitro groups is 1. The highest BCUT2D eigenvalue weighted by atomic mass is 19.4. The molecule has 3 aromatic carbocycles. The SMILES string of the molecule is COc1ccc2ccc3oc([N+](=O)[O-])c(-c4ccccc4C(F)(F)F)c3c2c1. The Kier molecular flexibility index (Phi) is 3.99. The first-order valence-corrected chi connectivity index (χ1v) is 8.15.